The second-order valence-electron chi connectivity index (χ2n) is 4.24. The number of carbonyl (C=O) groups excluding carboxylic acids is 2. The Kier molecular flexibility index (Phi) is 7.39. The summed E-state index contributed by atoms with van der Waals surface area (Å²) in [4.78, 5) is 22.6. The summed E-state index contributed by atoms with van der Waals surface area (Å²) in [7, 11) is 0. The van der Waals surface area contributed by atoms with Crippen LogP contribution in [0.1, 0.15) is 49.4 Å². The highest BCUT2D eigenvalue weighted by molar-refractivity contribution is 5.93. The molecule has 0 spiro atoms. The van der Waals surface area contributed by atoms with Crippen LogP contribution in [0.15, 0.2) is 23.0 Å². The molecule has 1 aromatic rings. The van der Waals surface area contributed by atoms with E-state index in [1.807, 2.05) is 0 Å². The lowest BCUT2D eigenvalue weighted by Gasteiger charge is -2.04. The van der Waals surface area contributed by atoms with Crippen LogP contribution < -0.4 is 5.32 Å². The zero-order valence-corrected chi connectivity index (χ0v) is 11.3. The van der Waals surface area contributed by atoms with Crippen LogP contribution in [0.3, 0.4) is 0 Å². The highest BCUT2D eigenvalue weighted by Gasteiger charge is 2.05. The van der Waals surface area contributed by atoms with Gasteiger partial charge in [-0.05, 0) is 25.8 Å². The first-order valence-electron chi connectivity index (χ1n) is 6.70. The summed E-state index contributed by atoms with van der Waals surface area (Å²) >= 11 is 0. The van der Waals surface area contributed by atoms with Gasteiger partial charge < -0.3 is 14.5 Å². The largest absolute Gasteiger partial charge is 0.472 e. The lowest BCUT2D eigenvalue weighted by Crippen LogP contribution is -2.23. The highest BCUT2D eigenvalue weighted by atomic mass is 16.5. The molecule has 0 aliphatic carbocycles. The van der Waals surface area contributed by atoms with Gasteiger partial charge in [-0.15, -0.1) is 0 Å². The van der Waals surface area contributed by atoms with Crippen molar-refractivity contribution >= 4 is 11.9 Å². The number of esters is 1. The van der Waals surface area contributed by atoms with E-state index in [1.165, 1.54) is 12.5 Å². The lowest BCUT2D eigenvalue weighted by atomic mass is 10.1. The van der Waals surface area contributed by atoms with Gasteiger partial charge in [0.25, 0.3) is 5.91 Å². The van der Waals surface area contributed by atoms with E-state index in [2.05, 4.69) is 5.32 Å². The summed E-state index contributed by atoms with van der Waals surface area (Å²) in [6.07, 6.45) is 7.10. The third kappa shape index (κ3) is 6.64. The first kappa shape index (κ1) is 15.3. The van der Waals surface area contributed by atoms with Crippen LogP contribution in [0.4, 0.5) is 0 Å². The average Bonchev–Trinajstić information content (AvgIpc) is 2.91. The molecule has 0 saturated heterocycles. The molecule has 5 nitrogen and oxygen atoms in total. The van der Waals surface area contributed by atoms with Crippen molar-refractivity contribution in [3.63, 3.8) is 0 Å². The smallest absolute Gasteiger partial charge is 0.305 e. The van der Waals surface area contributed by atoms with Crippen LogP contribution in [0.2, 0.25) is 0 Å². The molecule has 0 fully saturated rings. The maximum absolute atomic E-state index is 11.5. The van der Waals surface area contributed by atoms with E-state index in [0.29, 0.717) is 25.1 Å². The van der Waals surface area contributed by atoms with Crippen LogP contribution in [-0.2, 0) is 9.53 Å². The number of furan rings is 1. The van der Waals surface area contributed by atoms with E-state index in [1.54, 1.807) is 13.0 Å². The van der Waals surface area contributed by atoms with Gasteiger partial charge in [0.05, 0.1) is 18.4 Å². The maximum Gasteiger partial charge on any atom is 0.305 e. The molecule has 0 saturated carbocycles. The molecule has 1 N–H and O–H groups in total. The molecule has 19 heavy (non-hydrogen) atoms. The second-order valence-corrected chi connectivity index (χ2v) is 4.24. The Morgan fingerprint density at radius 1 is 1.26 bits per heavy atom. The fraction of sp³-hybridized carbons (Fsp3) is 0.571. The van der Waals surface area contributed by atoms with E-state index >= 15 is 0 Å². The Hall–Kier alpha value is -1.78. The van der Waals surface area contributed by atoms with Crippen molar-refractivity contribution < 1.29 is 18.7 Å². The van der Waals surface area contributed by atoms with Crippen LogP contribution in [0.5, 0.6) is 0 Å². The molecule has 1 amide bonds. The zero-order chi connectivity index (χ0) is 13.9. The van der Waals surface area contributed by atoms with Crippen molar-refractivity contribution in [1.29, 1.82) is 0 Å². The molecule has 5 heteroatoms. The monoisotopic (exact) mass is 267 g/mol. The van der Waals surface area contributed by atoms with E-state index in [0.717, 1.165) is 25.7 Å². The molecule has 1 rings (SSSR count). The molecule has 1 aromatic heterocycles. The normalized spacial score (nSPS) is 10.2. The van der Waals surface area contributed by atoms with Crippen LogP contribution in [-0.4, -0.2) is 25.0 Å². The quantitative estimate of drug-likeness (QED) is 0.551. The molecule has 0 aliphatic heterocycles. The van der Waals surface area contributed by atoms with Crippen molar-refractivity contribution in [1.82, 2.24) is 5.32 Å². The first-order chi connectivity index (χ1) is 9.24. The van der Waals surface area contributed by atoms with E-state index < -0.39 is 0 Å². The molecular formula is C14H21NO4. The molecule has 0 unspecified atom stereocenters. The fourth-order valence-corrected chi connectivity index (χ4v) is 1.68. The molecule has 1 heterocycles. The van der Waals surface area contributed by atoms with Gasteiger partial charge in [0.15, 0.2) is 0 Å². The first-order valence-corrected chi connectivity index (χ1v) is 6.70. The third-order valence-electron chi connectivity index (χ3n) is 2.68. The van der Waals surface area contributed by atoms with Crippen LogP contribution in [0, 0.1) is 0 Å². The summed E-state index contributed by atoms with van der Waals surface area (Å²) in [5.74, 6) is -0.240. The molecule has 0 atom stereocenters. The standard InChI is InChI=1S/C14H21NO4/c1-2-19-13(16)7-5-3-4-6-9-15-14(17)12-8-10-18-11-12/h8,10-11H,2-7,9H2,1H3,(H,15,17). The summed E-state index contributed by atoms with van der Waals surface area (Å²) in [6, 6.07) is 1.63. The molecule has 0 aliphatic rings. The Bertz CT molecular complexity index is 373. The summed E-state index contributed by atoms with van der Waals surface area (Å²) in [5, 5.41) is 2.81. The second kappa shape index (κ2) is 9.19. The van der Waals surface area contributed by atoms with Crippen molar-refractivity contribution in [3.8, 4) is 0 Å². The van der Waals surface area contributed by atoms with Gasteiger partial charge >= 0.3 is 5.97 Å². The topological polar surface area (TPSA) is 68.5 Å². The Labute approximate surface area is 113 Å². The van der Waals surface area contributed by atoms with E-state index in [-0.39, 0.29) is 11.9 Å². The zero-order valence-electron chi connectivity index (χ0n) is 11.3. The number of hydrogen-bond acceptors (Lipinski definition) is 4. The fourth-order valence-electron chi connectivity index (χ4n) is 1.68. The van der Waals surface area contributed by atoms with Crippen LogP contribution in [0.25, 0.3) is 0 Å². The van der Waals surface area contributed by atoms with Gasteiger partial charge in [-0.1, -0.05) is 12.8 Å². The minimum Gasteiger partial charge on any atom is -0.472 e. The molecule has 106 valence electrons. The van der Waals surface area contributed by atoms with Crippen molar-refractivity contribution in [2.75, 3.05) is 13.2 Å². The van der Waals surface area contributed by atoms with Crippen molar-refractivity contribution in [2.45, 2.75) is 39.0 Å². The number of rotatable bonds is 9. The number of ether oxygens (including phenoxy) is 1. The summed E-state index contributed by atoms with van der Waals surface area (Å²) in [5.41, 5.74) is 0.544. The molecule has 0 aromatic carbocycles. The van der Waals surface area contributed by atoms with Gasteiger partial charge in [-0.25, -0.2) is 0 Å². The Morgan fingerprint density at radius 3 is 2.74 bits per heavy atom. The van der Waals surface area contributed by atoms with Crippen molar-refractivity contribution in [3.05, 3.63) is 24.2 Å². The maximum atomic E-state index is 11.5. The van der Waals surface area contributed by atoms with Gasteiger partial charge in [0.1, 0.15) is 6.26 Å². The van der Waals surface area contributed by atoms with Gasteiger partial charge in [0.2, 0.25) is 0 Å². The SMILES string of the molecule is CCOC(=O)CCCCCCNC(=O)c1ccoc1. The highest BCUT2D eigenvalue weighted by Crippen LogP contribution is 2.04. The van der Waals surface area contributed by atoms with Crippen LogP contribution >= 0.6 is 0 Å². The Balaban J connectivity index is 1.94. The van der Waals surface area contributed by atoms with Gasteiger partial charge in [-0.3, -0.25) is 9.59 Å². The van der Waals surface area contributed by atoms with Gasteiger partial charge in [0, 0.05) is 13.0 Å². The van der Waals surface area contributed by atoms with Gasteiger partial charge in [-0.2, -0.15) is 0 Å². The Morgan fingerprint density at radius 2 is 2.05 bits per heavy atom. The molecular weight excluding hydrogens is 246 g/mol. The summed E-state index contributed by atoms with van der Waals surface area (Å²) in [6.45, 7) is 2.89. The predicted molar refractivity (Wildman–Crippen MR) is 70.8 cm³/mol. The number of amides is 1. The predicted octanol–water partition coefficient (Wildman–Crippen LogP) is 2.52. The number of carbonyl (C=O) groups is 2. The number of hydrogen-bond donors (Lipinski definition) is 1. The van der Waals surface area contributed by atoms with Crippen molar-refractivity contribution in [2.24, 2.45) is 0 Å². The molecule has 0 radical (unpaired) electrons. The number of unbranched alkanes of at least 4 members (excludes halogenated alkanes) is 3. The minimum atomic E-state index is -0.129. The minimum absolute atomic E-state index is 0.111. The van der Waals surface area contributed by atoms with E-state index in [9.17, 15) is 9.59 Å². The number of nitrogens with one attached hydrogen (secondary N) is 1. The van der Waals surface area contributed by atoms with E-state index in [4.69, 9.17) is 9.15 Å². The lowest BCUT2D eigenvalue weighted by molar-refractivity contribution is -0.143. The average molecular weight is 267 g/mol. The molecule has 0 bridgehead atoms. The third-order valence-corrected chi connectivity index (χ3v) is 2.68. The summed E-state index contributed by atoms with van der Waals surface area (Å²) < 4.78 is 9.67.